The fourth-order valence-electron chi connectivity index (χ4n) is 1.48. The molecule has 0 fully saturated rings. The number of likely N-dealkylation sites (N-methyl/N-ethyl adjacent to an activating group) is 1. The van der Waals surface area contributed by atoms with E-state index in [-0.39, 0.29) is 18.5 Å². The van der Waals surface area contributed by atoms with Crippen molar-refractivity contribution in [3.8, 4) is 6.01 Å². The Morgan fingerprint density at radius 1 is 1.21 bits per heavy atom. The van der Waals surface area contributed by atoms with E-state index in [1.54, 1.807) is 11.9 Å². The van der Waals surface area contributed by atoms with E-state index in [0.717, 1.165) is 0 Å². The molecule has 0 radical (unpaired) electrons. The second kappa shape index (κ2) is 7.34. The van der Waals surface area contributed by atoms with Crippen LogP contribution in [0, 0.1) is 0 Å². The minimum Gasteiger partial charge on any atom is -0.467 e. The van der Waals surface area contributed by atoms with Crippen LogP contribution in [0.2, 0.25) is 0 Å². The molecule has 0 saturated heterocycles. The normalized spacial score (nSPS) is 9.89. The van der Waals surface area contributed by atoms with Gasteiger partial charge in [-0.25, -0.2) is 0 Å². The van der Waals surface area contributed by atoms with Crippen LogP contribution in [0.1, 0.15) is 13.8 Å². The van der Waals surface area contributed by atoms with Gasteiger partial charge in [-0.05, 0) is 13.8 Å². The highest BCUT2D eigenvalue weighted by molar-refractivity contribution is 5.80. The molecular formula is C11H20N6O2. The Bertz CT molecular complexity index is 399. The number of ether oxygens (including phenoxy) is 1. The number of nitrogens with zero attached hydrogens (tertiary/aromatic N) is 4. The zero-order valence-electron chi connectivity index (χ0n) is 11.7. The molecule has 106 valence electrons. The smallest absolute Gasteiger partial charge is 0.322 e. The molecule has 1 aromatic rings. The number of hydrogen-bond acceptors (Lipinski definition) is 7. The number of methoxy groups -OCH3 is 1. The number of amides is 1. The van der Waals surface area contributed by atoms with Crippen LogP contribution < -0.4 is 15.4 Å². The maximum absolute atomic E-state index is 11.8. The van der Waals surface area contributed by atoms with Crippen molar-refractivity contribution in [2.75, 3.05) is 44.4 Å². The van der Waals surface area contributed by atoms with Crippen LogP contribution in [-0.2, 0) is 4.79 Å². The van der Waals surface area contributed by atoms with E-state index in [1.165, 1.54) is 7.11 Å². The first-order chi connectivity index (χ1) is 9.14. The summed E-state index contributed by atoms with van der Waals surface area (Å²) in [5.74, 6) is 0.678. The van der Waals surface area contributed by atoms with E-state index in [0.29, 0.717) is 25.0 Å². The lowest BCUT2D eigenvalue weighted by Gasteiger charge is -2.18. The molecule has 0 aliphatic carbocycles. The summed E-state index contributed by atoms with van der Waals surface area (Å²) in [6.07, 6.45) is 0. The summed E-state index contributed by atoms with van der Waals surface area (Å²) < 4.78 is 4.96. The molecule has 19 heavy (non-hydrogen) atoms. The molecule has 1 amide bonds. The number of carbonyl (C=O) groups excluding carboxylic acids is 1. The van der Waals surface area contributed by atoms with Crippen molar-refractivity contribution in [2.24, 2.45) is 0 Å². The number of hydrogen-bond donors (Lipinski definition) is 2. The van der Waals surface area contributed by atoms with E-state index < -0.39 is 0 Å². The highest BCUT2D eigenvalue weighted by atomic mass is 16.5. The van der Waals surface area contributed by atoms with Gasteiger partial charge in [-0.1, -0.05) is 0 Å². The Hall–Kier alpha value is -2.12. The molecule has 0 unspecified atom stereocenters. The van der Waals surface area contributed by atoms with Gasteiger partial charge in [0, 0.05) is 20.1 Å². The standard InChI is InChI=1S/C11H20N6O2/c1-5-17(6-2)8(18)7-13-10-14-9(12-3)15-11(16-10)19-4/h5-7H2,1-4H3,(H2,12,13,14,15,16). The van der Waals surface area contributed by atoms with Crippen LogP contribution in [0.4, 0.5) is 11.9 Å². The average Bonchev–Trinajstić information content (AvgIpc) is 2.45. The number of carbonyl (C=O) groups is 1. The third-order valence-corrected chi connectivity index (χ3v) is 2.53. The lowest BCUT2D eigenvalue weighted by molar-refractivity contribution is -0.128. The fourth-order valence-corrected chi connectivity index (χ4v) is 1.48. The van der Waals surface area contributed by atoms with Crippen molar-refractivity contribution in [1.82, 2.24) is 19.9 Å². The maximum Gasteiger partial charge on any atom is 0.322 e. The van der Waals surface area contributed by atoms with E-state index in [4.69, 9.17) is 4.74 Å². The molecular weight excluding hydrogens is 248 g/mol. The lowest BCUT2D eigenvalue weighted by atomic mass is 10.4. The monoisotopic (exact) mass is 268 g/mol. The fraction of sp³-hybridized carbons (Fsp3) is 0.636. The van der Waals surface area contributed by atoms with Gasteiger partial charge in [0.05, 0.1) is 13.7 Å². The van der Waals surface area contributed by atoms with Crippen LogP contribution in [0.15, 0.2) is 0 Å². The summed E-state index contributed by atoms with van der Waals surface area (Å²) in [4.78, 5) is 25.6. The highest BCUT2D eigenvalue weighted by Gasteiger charge is 2.11. The minimum atomic E-state index is -0.00427. The second-order valence-corrected chi connectivity index (χ2v) is 3.64. The van der Waals surface area contributed by atoms with Gasteiger partial charge < -0.3 is 20.3 Å². The highest BCUT2D eigenvalue weighted by Crippen LogP contribution is 2.09. The molecule has 8 nitrogen and oxygen atoms in total. The van der Waals surface area contributed by atoms with Crippen LogP contribution in [-0.4, -0.2) is 59.6 Å². The largest absolute Gasteiger partial charge is 0.467 e. The van der Waals surface area contributed by atoms with Crippen LogP contribution in [0.3, 0.4) is 0 Å². The summed E-state index contributed by atoms with van der Waals surface area (Å²) >= 11 is 0. The zero-order chi connectivity index (χ0) is 14.3. The van der Waals surface area contributed by atoms with Gasteiger partial charge in [0.1, 0.15) is 0 Å². The summed E-state index contributed by atoms with van der Waals surface area (Å²) in [5, 5.41) is 5.67. The first kappa shape index (κ1) is 14.9. The van der Waals surface area contributed by atoms with Gasteiger partial charge >= 0.3 is 6.01 Å². The molecule has 2 N–H and O–H groups in total. The quantitative estimate of drug-likeness (QED) is 0.729. The van der Waals surface area contributed by atoms with E-state index in [2.05, 4.69) is 25.6 Å². The predicted molar refractivity (Wildman–Crippen MR) is 72.3 cm³/mol. The Morgan fingerprint density at radius 3 is 2.37 bits per heavy atom. The first-order valence-electron chi connectivity index (χ1n) is 6.14. The Balaban J connectivity index is 2.69. The van der Waals surface area contributed by atoms with Crippen LogP contribution >= 0.6 is 0 Å². The summed E-state index contributed by atoms with van der Waals surface area (Å²) in [6.45, 7) is 5.37. The Labute approximate surface area is 112 Å². The molecule has 1 rings (SSSR count). The first-order valence-corrected chi connectivity index (χ1v) is 6.14. The van der Waals surface area contributed by atoms with Crippen molar-refractivity contribution in [1.29, 1.82) is 0 Å². The molecule has 0 aliphatic rings. The molecule has 0 atom stereocenters. The van der Waals surface area contributed by atoms with Crippen molar-refractivity contribution in [3.63, 3.8) is 0 Å². The van der Waals surface area contributed by atoms with E-state index in [1.807, 2.05) is 13.8 Å². The van der Waals surface area contributed by atoms with Crippen molar-refractivity contribution < 1.29 is 9.53 Å². The number of anilines is 2. The number of rotatable bonds is 7. The second-order valence-electron chi connectivity index (χ2n) is 3.64. The molecule has 0 saturated carbocycles. The van der Waals surface area contributed by atoms with Gasteiger partial charge in [-0.3, -0.25) is 4.79 Å². The number of nitrogens with one attached hydrogen (secondary N) is 2. The van der Waals surface area contributed by atoms with Gasteiger partial charge in [0.25, 0.3) is 0 Å². The van der Waals surface area contributed by atoms with E-state index >= 15 is 0 Å². The topological polar surface area (TPSA) is 92.3 Å². The van der Waals surface area contributed by atoms with Crippen molar-refractivity contribution in [2.45, 2.75) is 13.8 Å². The summed E-state index contributed by atoms with van der Waals surface area (Å²) in [5.41, 5.74) is 0. The molecule has 0 bridgehead atoms. The summed E-state index contributed by atoms with van der Waals surface area (Å²) in [7, 11) is 3.17. The lowest BCUT2D eigenvalue weighted by Crippen LogP contribution is -2.35. The molecule has 1 heterocycles. The number of aromatic nitrogens is 3. The molecule has 0 aliphatic heterocycles. The predicted octanol–water partition coefficient (Wildman–Crippen LogP) is 0.202. The molecule has 8 heteroatoms. The molecule has 0 aromatic carbocycles. The zero-order valence-corrected chi connectivity index (χ0v) is 11.7. The van der Waals surface area contributed by atoms with Crippen LogP contribution in [0.5, 0.6) is 6.01 Å². The molecule has 0 spiro atoms. The van der Waals surface area contributed by atoms with Crippen LogP contribution in [0.25, 0.3) is 0 Å². The molecule has 1 aromatic heterocycles. The Morgan fingerprint density at radius 2 is 1.84 bits per heavy atom. The van der Waals surface area contributed by atoms with Gasteiger partial charge in [0.15, 0.2) is 0 Å². The maximum atomic E-state index is 11.8. The SMILES string of the molecule is CCN(CC)C(=O)CNc1nc(NC)nc(OC)n1. The van der Waals surface area contributed by atoms with E-state index in [9.17, 15) is 4.79 Å². The van der Waals surface area contributed by atoms with Crippen molar-refractivity contribution in [3.05, 3.63) is 0 Å². The third kappa shape index (κ3) is 4.23. The van der Waals surface area contributed by atoms with Gasteiger partial charge in [-0.15, -0.1) is 0 Å². The van der Waals surface area contributed by atoms with Crippen molar-refractivity contribution >= 4 is 17.8 Å². The summed E-state index contributed by atoms with van der Waals surface area (Å²) in [6, 6.07) is 0.192. The third-order valence-electron chi connectivity index (χ3n) is 2.53. The average molecular weight is 268 g/mol. The Kier molecular flexibility index (Phi) is 5.77. The minimum absolute atomic E-state index is 0.00427. The van der Waals surface area contributed by atoms with Gasteiger partial charge in [0.2, 0.25) is 17.8 Å². The van der Waals surface area contributed by atoms with Gasteiger partial charge in [-0.2, -0.15) is 15.0 Å².